The maximum atomic E-state index is 13.0. The average Bonchev–Trinajstić information content (AvgIpc) is 2.75. The summed E-state index contributed by atoms with van der Waals surface area (Å²) >= 11 is 6.08. The number of hydrogen-bond donors (Lipinski definition) is 2. The van der Waals surface area contributed by atoms with Crippen LogP contribution in [0.2, 0.25) is 5.02 Å². The van der Waals surface area contributed by atoms with E-state index in [9.17, 15) is 13.2 Å². The summed E-state index contributed by atoms with van der Waals surface area (Å²) in [4.78, 5) is 12.6. The number of rotatable bonds is 4. The highest BCUT2D eigenvalue weighted by Crippen LogP contribution is 2.27. The first-order valence-electron chi connectivity index (χ1n) is 9.84. The first-order valence-corrected chi connectivity index (χ1v) is 11.7. The van der Waals surface area contributed by atoms with E-state index in [-0.39, 0.29) is 11.4 Å². The van der Waals surface area contributed by atoms with Gasteiger partial charge in [0.15, 0.2) is 0 Å². The predicted molar refractivity (Wildman–Crippen MR) is 123 cm³/mol. The molecule has 0 bridgehead atoms. The molecule has 0 aromatic heterocycles. The van der Waals surface area contributed by atoms with E-state index in [2.05, 4.69) is 10.6 Å². The molecule has 0 unspecified atom stereocenters. The summed E-state index contributed by atoms with van der Waals surface area (Å²) in [5, 5.41) is 5.94. The molecule has 1 aliphatic heterocycles. The van der Waals surface area contributed by atoms with Crippen LogP contribution in [0.15, 0.2) is 71.6 Å². The van der Waals surface area contributed by atoms with Gasteiger partial charge in [0.05, 0.1) is 15.6 Å². The second-order valence-electron chi connectivity index (χ2n) is 7.44. The van der Waals surface area contributed by atoms with Gasteiger partial charge in [0.2, 0.25) is 10.0 Å². The van der Waals surface area contributed by atoms with Gasteiger partial charge < -0.3 is 10.6 Å². The zero-order chi connectivity index (χ0) is 22.0. The maximum Gasteiger partial charge on any atom is 0.323 e. The number of fused-ring (bicyclic) bond motifs is 1. The van der Waals surface area contributed by atoms with E-state index < -0.39 is 16.1 Å². The Morgan fingerprint density at radius 3 is 2.45 bits per heavy atom. The number of benzene rings is 3. The Balaban J connectivity index is 1.49. The Morgan fingerprint density at radius 1 is 0.968 bits per heavy atom. The lowest BCUT2D eigenvalue weighted by molar-refractivity contribution is 0.262. The standard InChI is InChI=1S/C23H22ClN3O3S/c1-16-6-10-20(11-7-16)31(29,30)27-13-12-17-8-9-19(14-18(17)15-27)25-23(28)26-22-5-3-2-4-21(22)24/h2-11,14H,12-13,15H2,1H3,(H2,25,26,28). The van der Waals surface area contributed by atoms with Crippen LogP contribution in [0.4, 0.5) is 16.2 Å². The van der Waals surface area contributed by atoms with Crippen LogP contribution in [-0.4, -0.2) is 25.3 Å². The molecule has 0 saturated carbocycles. The first-order chi connectivity index (χ1) is 14.8. The van der Waals surface area contributed by atoms with E-state index >= 15 is 0 Å². The van der Waals surface area contributed by atoms with Crippen molar-refractivity contribution in [2.45, 2.75) is 24.8 Å². The van der Waals surface area contributed by atoms with Crippen molar-refractivity contribution in [3.8, 4) is 0 Å². The molecule has 8 heteroatoms. The minimum Gasteiger partial charge on any atom is -0.308 e. The number of anilines is 2. The fourth-order valence-electron chi connectivity index (χ4n) is 3.52. The second kappa shape index (κ2) is 8.70. The van der Waals surface area contributed by atoms with Gasteiger partial charge in [-0.2, -0.15) is 4.31 Å². The number of nitrogens with one attached hydrogen (secondary N) is 2. The number of hydrogen-bond acceptors (Lipinski definition) is 3. The van der Waals surface area contributed by atoms with Crippen molar-refractivity contribution < 1.29 is 13.2 Å². The molecule has 160 valence electrons. The van der Waals surface area contributed by atoms with Gasteiger partial charge in [0.1, 0.15) is 0 Å². The van der Waals surface area contributed by atoms with Crippen LogP contribution in [0.1, 0.15) is 16.7 Å². The van der Waals surface area contributed by atoms with Crippen molar-refractivity contribution in [2.24, 2.45) is 0 Å². The van der Waals surface area contributed by atoms with E-state index in [0.29, 0.717) is 29.4 Å². The van der Waals surface area contributed by atoms with Crippen LogP contribution in [0.5, 0.6) is 0 Å². The van der Waals surface area contributed by atoms with E-state index in [4.69, 9.17) is 11.6 Å². The SMILES string of the molecule is Cc1ccc(S(=O)(=O)N2CCc3ccc(NC(=O)Nc4ccccc4Cl)cc3C2)cc1. The molecule has 2 amide bonds. The van der Waals surface area contributed by atoms with Gasteiger partial charge in [-0.1, -0.05) is 47.5 Å². The molecule has 3 aromatic carbocycles. The predicted octanol–water partition coefficient (Wildman–Crippen LogP) is 5.04. The van der Waals surface area contributed by atoms with Crippen LogP contribution >= 0.6 is 11.6 Å². The zero-order valence-electron chi connectivity index (χ0n) is 16.9. The largest absolute Gasteiger partial charge is 0.323 e. The lowest BCUT2D eigenvalue weighted by atomic mass is 10.0. The number of nitrogens with zero attached hydrogens (tertiary/aromatic N) is 1. The second-order valence-corrected chi connectivity index (χ2v) is 9.79. The molecule has 0 atom stereocenters. The molecule has 2 N–H and O–H groups in total. The summed E-state index contributed by atoms with van der Waals surface area (Å²) in [5.74, 6) is 0. The molecule has 1 heterocycles. The van der Waals surface area contributed by atoms with Crippen molar-refractivity contribution in [2.75, 3.05) is 17.2 Å². The van der Waals surface area contributed by atoms with Crippen LogP contribution in [0.25, 0.3) is 0 Å². The monoisotopic (exact) mass is 455 g/mol. The Labute approximate surface area is 186 Å². The van der Waals surface area contributed by atoms with Crippen molar-refractivity contribution >= 4 is 39.0 Å². The van der Waals surface area contributed by atoms with E-state index in [1.54, 1.807) is 48.5 Å². The lowest BCUT2D eigenvalue weighted by Crippen LogP contribution is -2.36. The fourth-order valence-corrected chi connectivity index (χ4v) is 5.12. The molecule has 0 spiro atoms. The Kier molecular flexibility index (Phi) is 6.00. The van der Waals surface area contributed by atoms with Crippen LogP contribution < -0.4 is 10.6 Å². The third-order valence-corrected chi connectivity index (χ3v) is 7.41. The van der Waals surface area contributed by atoms with Gasteiger partial charge in [0, 0.05) is 18.8 Å². The molecule has 6 nitrogen and oxygen atoms in total. The summed E-state index contributed by atoms with van der Waals surface area (Å²) in [6, 6.07) is 19.0. The van der Waals surface area contributed by atoms with E-state index in [1.165, 1.54) is 4.31 Å². The van der Waals surface area contributed by atoms with Crippen molar-refractivity contribution in [1.29, 1.82) is 0 Å². The van der Waals surface area contributed by atoms with Crippen LogP contribution in [0.3, 0.4) is 0 Å². The van der Waals surface area contributed by atoms with Gasteiger partial charge in [-0.25, -0.2) is 13.2 Å². The quantitative estimate of drug-likeness (QED) is 0.578. The summed E-state index contributed by atoms with van der Waals surface area (Å²) < 4.78 is 27.6. The number of carbonyl (C=O) groups is 1. The summed E-state index contributed by atoms with van der Waals surface area (Å²) in [6.45, 7) is 2.60. The number of sulfonamides is 1. The minimum atomic E-state index is -3.58. The molecule has 31 heavy (non-hydrogen) atoms. The smallest absolute Gasteiger partial charge is 0.308 e. The Morgan fingerprint density at radius 2 is 1.71 bits per heavy atom. The van der Waals surface area contributed by atoms with Gasteiger partial charge >= 0.3 is 6.03 Å². The number of halogens is 1. The third kappa shape index (κ3) is 4.74. The molecular formula is C23H22ClN3O3S. The zero-order valence-corrected chi connectivity index (χ0v) is 18.5. The number of amides is 2. The topological polar surface area (TPSA) is 78.5 Å². The molecule has 4 rings (SSSR count). The summed E-state index contributed by atoms with van der Waals surface area (Å²) in [7, 11) is -3.58. The fraction of sp³-hybridized carbons (Fsp3) is 0.174. The van der Waals surface area contributed by atoms with E-state index in [1.807, 2.05) is 25.1 Å². The average molecular weight is 456 g/mol. The highest BCUT2D eigenvalue weighted by Gasteiger charge is 2.28. The highest BCUT2D eigenvalue weighted by molar-refractivity contribution is 7.89. The first kappa shape index (κ1) is 21.4. The number of para-hydroxylation sites is 1. The Hall–Kier alpha value is -2.87. The lowest BCUT2D eigenvalue weighted by Gasteiger charge is -2.28. The van der Waals surface area contributed by atoms with Crippen molar-refractivity contribution in [3.63, 3.8) is 0 Å². The van der Waals surface area contributed by atoms with Crippen molar-refractivity contribution in [3.05, 3.63) is 88.4 Å². The molecule has 0 radical (unpaired) electrons. The molecule has 0 fully saturated rings. The summed E-state index contributed by atoms with van der Waals surface area (Å²) in [5.41, 5.74) is 4.05. The number of aryl methyl sites for hydroxylation is 1. The molecular weight excluding hydrogens is 434 g/mol. The summed E-state index contributed by atoms with van der Waals surface area (Å²) in [6.07, 6.45) is 0.618. The third-order valence-electron chi connectivity index (χ3n) is 5.22. The maximum absolute atomic E-state index is 13.0. The number of carbonyl (C=O) groups excluding carboxylic acids is 1. The highest BCUT2D eigenvalue weighted by atomic mass is 35.5. The normalized spacial score (nSPS) is 14.0. The minimum absolute atomic E-state index is 0.257. The molecule has 1 aliphatic rings. The Bertz CT molecular complexity index is 1230. The van der Waals surface area contributed by atoms with Gasteiger partial charge in [0.25, 0.3) is 0 Å². The molecule has 0 saturated heterocycles. The molecule has 0 aliphatic carbocycles. The van der Waals surface area contributed by atoms with Crippen molar-refractivity contribution in [1.82, 2.24) is 4.31 Å². The van der Waals surface area contributed by atoms with Gasteiger partial charge in [-0.05, 0) is 60.9 Å². The van der Waals surface area contributed by atoms with Crippen LogP contribution in [0, 0.1) is 6.92 Å². The molecule has 3 aromatic rings. The van der Waals surface area contributed by atoms with Crippen LogP contribution in [-0.2, 0) is 23.0 Å². The van der Waals surface area contributed by atoms with E-state index in [0.717, 1.165) is 16.7 Å². The number of urea groups is 1. The van der Waals surface area contributed by atoms with Gasteiger partial charge in [-0.15, -0.1) is 0 Å². The van der Waals surface area contributed by atoms with Gasteiger partial charge in [-0.3, -0.25) is 0 Å².